The lowest BCUT2D eigenvalue weighted by Gasteiger charge is -2.12. The SMILES string of the molecule is CN(CCCNc1nccc(Nc2cc(C3CC3)[nH]n2)n1)C(=O)O. The van der Waals surface area contributed by atoms with Crippen LogP contribution in [0, 0.1) is 0 Å². The number of hydrogen-bond acceptors (Lipinski definition) is 6. The number of anilines is 3. The van der Waals surface area contributed by atoms with Crippen LogP contribution in [0.1, 0.15) is 30.9 Å². The molecule has 1 aliphatic carbocycles. The molecule has 9 nitrogen and oxygen atoms in total. The van der Waals surface area contributed by atoms with Crippen molar-refractivity contribution < 1.29 is 9.90 Å². The van der Waals surface area contributed by atoms with Crippen LogP contribution in [-0.4, -0.2) is 56.4 Å². The van der Waals surface area contributed by atoms with E-state index in [1.165, 1.54) is 17.7 Å². The molecule has 2 aromatic rings. The van der Waals surface area contributed by atoms with Crippen molar-refractivity contribution in [2.24, 2.45) is 0 Å². The quantitative estimate of drug-likeness (QED) is 0.548. The topological polar surface area (TPSA) is 119 Å². The molecule has 4 N–H and O–H groups in total. The van der Waals surface area contributed by atoms with E-state index in [-0.39, 0.29) is 0 Å². The fraction of sp³-hybridized carbons (Fsp3) is 0.467. The number of hydrogen-bond donors (Lipinski definition) is 4. The maximum Gasteiger partial charge on any atom is 0.407 e. The van der Waals surface area contributed by atoms with E-state index in [2.05, 4.69) is 30.8 Å². The minimum Gasteiger partial charge on any atom is -0.465 e. The van der Waals surface area contributed by atoms with Crippen molar-refractivity contribution in [1.82, 2.24) is 25.1 Å². The van der Waals surface area contributed by atoms with Crippen molar-refractivity contribution in [1.29, 1.82) is 0 Å². The Morgan fingerprint density at radius 3 is 3.04 bits per heavy atom. The molecular formula is C15H21N7O2. The maximum absolute atomic E-state index is 10.7. The number of carbonyl (C=O) groups is 1. The Morgan fingerprint density at radius 2 is 2.29 bits per heavy atom. The largest absolute Gasteiger partial charge is 0.465 e. The second-order valence-corrected chi connectivity index (χ2v) is 5.86. The van der Waals surface area contributed by atoms with Crippen LogP contribution in [0.4, 0.5) is 22.4 Å². The lowest BCUT2D eigenvalue weighted by molar-refractivity contribution is 0.156. The number of aromatic amines is 1. The number of nitrogens with one attached hydrogen (secondary N) is 3. The molecule has 0 aliphatic heterocycles. The summed E-state index contributed by atoms with van der Waals surface area (Å²) in [5, 5.41) is 22.3. The van der Waals surface area contributed by atoms with Crippen LogP contribution < -0.4 is 10.6 Å². The van der Waals surface area contributed by atoms with Crippen LogP contribution in [0.15, 0.2) is 18.3 Å². The summed E-state index contributed by atoms with van der Waals surface area (Å²) < 4.78 is 0. The number of rotatable bonds is 8. The Kier molecular flexibility index (Phi) is 4.78. The molecule has 1 amide bonds. The number of amides is 1. The van der Waals surface area contributed by atoms with Gasteiger partial charge in [-0.2, -0.15) is 10.1 Å². The molecule has 9 heteroatoms. The standard InChI is InChI=1S/C15H21N7O2/c1-22(15(23)24)8-2-6-16-14-17-7-5-12(19-14)18-13-9-11(20-21-13)10-3-4-10/h5,7,9-10H,2-4,6,8H2,1H3,(H,23,24)(H3,16,17,18,19,20,21). The van der Waals surface area contributed by atoms with E-state index in [9.17, 15) is 4.79 Å². The predicted molar refractivity (Wildman–Crippen MR) is 89.6 cm³/mol. The van der Waals surface area contributed by atoms with Crippen molar-refractivity contribution in [3.8, 4) is 0 Å². The van der Waals surface area contributed by atoms with E-state index in [1.807, 2.05) is 6.07 Å². The van der Waals surface area contributed by atoms with Crippen LogP contribution in [-0.2, 0) is 0 Å². The zero-order valence-corrected chi connectivity index (χ0v) is 13.5. The van der Waals surface area contributed by atoms with E-state index in [1.54, 1.807) is 19.3 Å². The van der Waals surface area contributed by atoms with Crippen LogP contribution in [0.5, 0.6) is 0 Å². The first kappa shape index (κ1) is 16.0. The second kappa shape index (κ2) is 7.16. The highest BCUT2D eigenvalue weighted by atomic mass is 16.4. The van der Waals surface area contributed by atoms with Crippen molar-refractivity contribution in [2.45, 2.75) is 25.2 Å². The number of aromatic nitrogens is 4. The van der Waals surface area contributed by atoms with Gasteiger partial charge in [0.15, 0.2) is 5.82 Å². The third kappa shape index (κ3) is 4.34. The number of nitrogens with zero attached hydrogens (tertiary/aromatic N) is 4. The molecule has 2 heterocycles. The molecule has 1 saturated carbocycles. The summed E-state index contributed by atoms with van der Waals surface area (Å²) in [6, 6.07) is 3.78. The third-order valence-corrected chi connectivity index (χ3v) is 3.81. The molecule has 0 spiro atoms. The van der Waals surface area contributed by atoms with Gasteiger partial charge >= 0.3 is 6.09 Å². The summed E-state index contributed by atoms with van der Waals surface area (Å²) in [5.41, 5.74) is 1.16. The Labute approximate surface area is 139 Å². The van der Waals surface area contributed by atoms with E-state index in [0.29, 0.717) is 37.2 Å². The minimum atomic E-state index is -0.929. The van der Waals surface area contributed by atoms with E-state index < -0.39 is 6.09 Å². The first-order valence-electron chi connectivity index (χ1n) is 7.95. The summed E-state index contributed by atoms with van der Waals surface area (Å²) in [4.78, 5) is 20.5. The fourth-order valence-electron chi connectivity index (χ4n) is 2.26. The summed E-state index contributed by atoms with van der Waals surface area (Å²) in [6.45, 7) is 1.05. The summed E-state index contributed by atoms with van der Waals surface area (Å²) in [5.74, 6) is 2.52. The van der Waals surface area contributed by atoms with Crippen LogP contribution >= 0.6 is 0 Å². The summed E-state index contributed by atoms with van der Waals surface area (Å²) in [6.07, 6.45) is 3.85. The molecular weight excluding hydrogens is 310 g/mol. The predicted octanol–water partition coefficient (Wildman–Crippen LogP) is 2.23. The highest BCUT2D eigenvalue weighted by Crippen LogP contribution is 2.39. The van der Waals surface area contributed by atoms with E-state index >= 15 is 0 Å². The van der Waals surface area contributed by atoms with Crippen molar-refractivity contribution >= 4 is 23.7 Å². The molecule has 1 fully saturated rings. The highest BCUT2D eigenvalue weighted by molar-refractivity contribution is 5.64. The first-order chi connectivity index (χ1) is 11.6. The molecule has 2 aromatic heterocycles. The minimum absolute atomic E-state index is 0.456. The van der Waals surface area contributed by atoms with E-state index in [4.69, 9.17) is 5.11 Å². The molecule has 0 aromatic carbocycles. The Hall–Kier alpha value is -2.84. The number of carboxylic acid groups (broad SMARTS) is 1. The van der Waals surface area contributed by atoms with Gasteiger partial charge in [-0.1, -0.05) is 0 Å². The lowest BCUT2D eigenvalue weighted by atomic mass is 10.3. The normalized spacial score (nSPS) is 13.5. The molecule has 1 aliphatic rings. The van der Waals surface area contributed by atoms with Gasteiger partial charge in [-0.05, 0) is 25.3 Å². The average Bonchev–Trinajstić information content (AvgIpc) is 3.32. The molecule has 24 heavy (non-hydrogen) atoms. The van der Waals surface area contributed by atoms with Gasteiger partial charge in [0.05, 0.1) is 0 Å². The summed E-state index contributed by atoms with van der Waals surface area (Å²) in [7, 11) is 1.54. The van der Waals surface area contributed by atoms with Gasteiger partial charge in [0.2, 0.25) is 5.95 Å². The monoisotopic (exact) mass is 331 g/mol. The molecule has 128 valence electrons. The number of H-pyrrole nitrogens is 1. The maximum atomic E-state index is 10.7. The molecule has 0 radical (unpaired) electrons. The fourth-order valence-corrected chi connectivity index (χ4v) is 2.26. The van der Waals surface area contributed by atoms with Crippen LogP contribution in [0.2, 0.25) is 0 Å². The zero-order valence-electron chi connectivity index (χ0n) is 13.5. The Balaban J connectivity index is 1.49. The first-order valence-corrected chi connectivity index (χ1v) is 7.95. The lowest BCUT2D eigenvalue weighted by Crippen LogP contribution is -2.27. The molecule has 0 bridgehead atoms. The van der Waals surface area contributed by atoms with Gasteiger partial charge in [-0.3, -0.25) is 5.10 Å². The smallest absolute Gasteiger partial charge is 0.407 e. The Morgan fingerprint density at radius 1 is 1.46 bits per heavy atom. The van der Waals surface area contributed by atoms with Gasteiger partial charge in [-0.25, -0.2) is 9.78 Å². The van der Waals surface area contributed by atoms with Gasteiger partial charge in [0.25, 0.3) is 0 Å². The molecule has 0 saturated heterocycles. The van der Waals surface area contributed by atoms with Gasteiger partial charge in [0.1, 0.15) is 5.82 Å². The second-order valence-electron chi connectivity index (χ2n) is 5.86. The summed E-state index contributed by atoms with van der Waals surface area (Å²) >= 11 is 0. The van der Waals surface area contributed by atoms with Crippen LogP contribution in [0.25, 0.3) is 0 Å². The van der Waals surface area contributed by atoms with Gasteiger partial charge in [0, 0.05) is 44.0 Å². The molecule has 3 rings (SSSR count). The van der Waals surface area contributed by atoms with Gasteiger partial charge < -0.3 is 20.6 Å². The Bertz CT molecular complexity index is 699. The zero-order chi connectivity index (χ0) is 16.9. The highest BCUT2D eigenvalue weighted by Gasteiger charge is 2.25. The van der Waals surface area contributed by atoms with Crippen LogP contribution in [0.3, 0.4) is 0 Å². The van der Waals surface area contributed by atoms with Crippen molar-refractivity contribution in [3.63, 3.8) is 0 Å². The van der Waals surface area contributed by atoms with Crippen molar-refractivity contribution in [2.75, 3.05) is 30.8 Å². The third-order valence-electron chi connectivity index (χ3n) is 3.81. The van der Waals surface area contributed by atoms with Gasteiger partial charge in [-0.15, -0.1) is 0 Å². The van der Waals surface area contributed by atoms with Crippen molar-refractivity contribution in [3.05, 3.63) is 24.0 Å². The molecule has 0 unspecified atom stereocenters. The van der Waals surface area contributed by atoms with E-state index in [0.717, 1.165) is 11.5 Å². The molecule has 0 atom stereocenters. The average molecular weight is 331 g/mol.